The van der Waals surface area contributed by atoms with Gasteiger partial charge in [-0.3, -0.25) is 9.59 Å². The maximum atomic E-state index is 12.8. The molecule has 4 nitrogen and oxygen atoms in total. The van der Waals surface area contributed by atoms with Crippen molar-refractivity contribution in [2.24, 2.45) is 5.41 Å². The van der Waals surface area contributed by atoms with Crippen LogP contribution in [-0.2, 0) is 9.59 Å². The van der Waals surface area contributed by atoms with Crippen LogP contribution in [0.2, 0.25) is 0 Å². The van der Waals surface area contributed by atoms with Crippen LogP contribution in [0.1, 0.15) is 35.1 Å². The van der Waals surface area contributed by atoms with Gasteiger partial charge in [0.1, 0.15) is 5.41 Å². The Bertz CT molecular complexity index is 851. The van der Waals surface area contributed by atoms with Crippen molar-refractivity contribution in [2.45, 2.75) is 40.5 Å². The van der Waals surface area contributed by atoms with E-state index in [-0.39, 0.29) is 11.8 Å². The van der Waals surface area contributed by atoms with Crippen molar-refractivity contribution in [3.8, 4) is 0 Å². The molecule has 0 aromatic heterocycles. The average molecular weight is 336 g/mol. The summed E-state index contributed by atoms with van der Waals surface area (Å²) in [5, 5.41) is 5.88. The highest BCUT2D eigenvalue weighted by Gasteiger charge is 2.56. The van der Waals surface area contributed by atoms with E-state index in [9.17, 15) is 9.59 Å². The molecule has 0 atom stereocenters. The Balaban J connectivity index is 1.75. The minimum absolute atomic E-state index is 0.219. The van der Waals surface area contributed by atoms with Gasteiger partial charge in [-0.05, 0) is 69.4 Å². The monoisotopic (exact) mass is 336 g/mol. The molecule has 130 valence electrons. The molecule has 0 bridgehead atoms. The van der Waals surface area contributed by atoms with Gasteiger partial charge in [-0.2, -0.15) is 0 Å². The van der Waals surface area contributed by atoms with Crippen LogP contribution in [0.15, 0.2) is 36.4 Å². The molecule has 0 aliphatic heterocycles. The summed E-state index contributed by atoms with van der Waals surface area (Å²) < 4.78 is 0. The van der Waals surface area contributed by atoms with E-state index in [0.717, 1.165) is 33.6 Å². The van der Waals surface area contributed by atoms with E-state index >= 15 is 0 Å². The fourth-order valence-electron chi connectivity index (χ4n) is 2.99. The SMILES string of the molecule is Cc1ccc(NC(=O)C2(C(=O)Nc3cc(C)ccc3C)CC2)c(C)c1. The van der Waals surface area contributed by atoms with Crippen LogP contribution in [0.25, 0.3) is 0 Å². The summed E-state index contributed by atoms with van der Waals surface area (Å²) in [6, 6.07) is 11.8. The zero-order valence-electron chi connectivity index (χ0n) is 15.2. The summed E-state index contributed by atoms with van der Waals surface area (Å²) in [4.78, 5) is 25.5. The van der Waals surface area contributed by atoms with E-state index in [2.05, 4.69) is 10.6 Å². The van der Waals surface area contributed by atoms with Gasteiger partial charge in [-0.15, -0.1) is 0 Å². The molecular formula is C21H24N2O2. The van der Waals surface area contributed by atoms with Gasteiger partial charge in [0.05, 0.1) is 0 Å². The Morgan fingerprint density at radius 1 is 0.760 bits per heavy atom. The van der Waals surface area contributed by atoms with Gasteiger partial charge < -0.3 is 10.6 Å². The molecule has 1 aliphatic carbocycles. The van der Waals surface area contributed by atoms with Crippen molar-refractivity contribution in [1.29, 1.82) is 0 Å². The summed E-state index contributed by atoms with van der Waals surface area (Å²) in [7, 11) is 0. The summed E-state index contributed by atoms with van der Waals surface area (Å²) in [5.74, 6) is -0.439. The predicted molar refractivity (Wildman–Crippen MR) is 101 cm³/mol. The van der Waals surface area contributed by atoms with Crippen LogP contribution in [-0.4, -0.2) is 11.8 Å². The molecule has 2 amide bonds. The number of aryl methyl sites for hydroxylation is 4. The second kappa shape index (κ2) is 6.36. The van der Waals surface area contributed by atoms with Gasteiger partial charge in [-0.25, -0.2) is 0 Å². The molecule has 1 saturated carbocycles. The third-order valence-electron chi connectivity index (χ3n) is 4.89. The summed E-state index contributed by atoms with van der Waals surface area (Å²) in [6.07, 6.45) is 1.17. The highest BCUT2D eigenvalue weighted by molar-refractivity contribution is 6.17. The maximum Gasteiger partial charge on any atom is 0.240 e. The van der Waals surface area contributed by atoms with Crippen molar-refractivity contribution in [1.82, 2.24) is 0 Å². The van der Waals surface area contributed by atoms with E-state index in [4.69, 9.17) is 0 Å². The molecule has 0 spiro atoms. The minimum atomic E-state index is -0.951. The Labute approximate surface area is 148 Å². The number of carbonyl (C=O) groups is 2. The summed E-state index contributed by atoms with van der Waals surface area (Å²) in [6.45, 7) is 7.90. The first-order chi connectivity index (χ1) is 11.8. The number of nitrogens with one attached hydrogen (secondary N) is 2. The van der Waals surface area contributed by atoms with E-state index in [1.54, 1.807) is 0 Å². The molecule has 0 heterocycles. The number of hydrogen-bond donors (Lipinski definition) is 2. The molecule has 0 unspecified atom stereocenters. The Hall–Kier alpha value is -2.62. The van der Waals surface area contributed by atoms with Crippen LogP contribution in [0.3, 0.4) is 0 Å². The molecule has 2 N–H and O–H groups in total. The second-order valence-electron chi connectivity index (χ2n) is 7.13. The molecule has 25 heavy (non-hydrogen) atoms. The third-order valence-corrected chi connectivity index (χ3v) is 4.89. The fourth-order valence-corrected chi connectivity index (χ4v) is 2.99. The quantitative estimate of drug-likeness (QED) is 0.819. The lowest BCUT2D eigenvalue weighted by Gasteiger charge is -2.18. The molecular weight excluding hydrogens is 312 g/mol. The Morgan fingerprint density at radius 3 is 1.92 bits per heavy atom. The fraction of sp³-hybridized carbons (Fsp3) is 0.333. The maximum absolute atomic E-state index is 12.8. The molecule has 1 fully saturated rings. The standard InChI is InChI=1S/C21H24N2O2/c1-13-6-8-17(16(4)11-13)22-19(24)21(9-10-21)20(25)23-18-12-14(2)5-7-15(18)3/h5-8,11-12H,9-10H2,1-4H3,(H,22,24)(H,23,25). The average Bonchev–Trinajstić information content (AvgIpc) is 3.35. The number of hydrogen-bond acceptors (Lipinski definition) is 2. The smallest absolute Gasteiger partial charge is 0.240 e. The van der Waals surface area contributed by atoms with Crippen molar-refractivity contribution >= 4 is 23.2 Å². The zero-order valence-corrected chi connectivity index (χ0v) is 15.2. The Morgan fingerprint density at radius 2 is 1.32 bits per heavy atom. The first-order valence-electron chi connectivity index (χ1n) is 8.59. The van der Waals surface area contributed by atoms with Crippen molar-refractivity contribution in [2.75, 3.05) is 10.6 Å². The van der Waals surface area contributed by atoms with Gasteiger partial charge in [0.25, 0.3) is 0 Å². The topological polar surface area (TPSA) is 58.2 Å². The highest BCUT2D eigenvalue weighted by atomic mass is 16.2. The lowest BCUT2D eigenvalue weighted by molar-refractivity contribution is -0.131. The molecule has 2 aromatic rings. The van der Waals surface area contributed by atoms with Crippen LogP contribution in [0.5, 0.6) is 0 Å². The largest absolute Gasteiger partial charge is 0.325 e. The van der Waals surface area contributed by atoms with Gasteiger partial charge in [0.2, 0.25) is 11.8 Å². The lowest BCUT2D eigenvalue weighted by atomic mass is 10.0. The molecule has 0 radical (unpaired) electrons. The molecule has 3 rings (SSSR count). The number of rotatable bonds is 4. The normalized spacial score (nSPS) is 14.7. The lowest BCUT2D eigenvalue weighted by Crippen LogP contribution is -2.36. The van der Waals surface area contributed by atoms with E-state index < -0.39 is 5.41 Å². The predicted octanol–water partition coefficient (Wildman–Crippen LogP) is 4.28. The summed E-state index contributed by atoms with van der Waals surface area (Å²) in [5.41, 5.74) is 4.79. The van der Waals surface area contributed by atoms with Crippen molar-refractivity contribution < 1.29 is 9.59 Å². The zero-order chi connectivity index (χ0) is 18.2. The third kappa shape index (κ3) is 3.43. The van der Waals surface area contributed by atoms with Gasteiger partial charge in [0, 0.05) is 11.4 Å². The summed E-state index contributed by atoms with van der Waals surface area (Å²) >= 11 is 0. The molecule has 1 aliphatic rings. The number of anilines is 2. The van der Waals surface area contributed by atoms with Gasteiger partial charge in [-0.1, -0.05) is 29.8 Å². The Kier molecular flexibility index (Phi) is 4.38. The molecule has 0 saturated heterocycles. The first kappa shape index (κ1) is 17.2. The van der Waals surface area contributed by atoms with Crippen LogP contribution >= 0.6 is 0 Å². The van der Waals surface area contributed by atoms with Crippen LogP contribution in [0.4, 0.5) is 11.4 Å². The first-order valence-corrected chi connectivity index (χ1v) is 8.59. The van der Waals surface area contributed by atoms with Gasteiger partial charge in [0.15, 0.2) is 0 Å². The molecule has 2 aromatic carbocycles. The highest BCUT2D eigenvalue weighted by Crippen LogP contribution is 2.47. The van der Waals surface area contributed by atoms with Crippen molar-refractivity contribution in [3.05, 3.63) is 58.7 Å². The number of amides is 2. The second-order valence-corrected chi connectivity index (χ2v) is 7.13. The van der Waals surface area contributed by atoms with Crippen LogP contribution in [0, 0.1) is 33.1 Å². The van der Waals surface area contributed by atoms with Crippen LogP contribution < -0.4 is 10.6 Å². The van der Waals surface area contributed by atoms with E-state index in [1.165, 1.54) is 0 Å². The molecule has 4 heteroatoms. The van der Waals surface area contributed by atoms with E-state index in [1.807, 2.05) is 64.1 Å². The number of benzene rings is 2. The van der Waals surface area contributed by atoms with Gasteiger partial charge >= 0.3 is 0 Å². The minimum Gasteiger partial charge on any atom is -0.325 e. The van der Waals surface area contributed by atoms with Crippen molar-refractivity contribution in [3.63, 3.8) is 0 Å². The number of carbonyl (C=O) groups excluding carboxylic acids is 2. The van der Waals surface area contributed by atoms with E-state index in [0.29, 0.717) is 12.8 Å².